The fourth-order valence-electron chi connectivity index (χ4n) is 2.55. The van der Waals surface area contributed by atoms with E-state index in [-0.39, 0.29) is 36.4 Å². The van der Waals surface area contributed by atoms with Crippen LogP contribution >= 0.6 is 108 Å². The largest absolute Gasteiger partial charge is 0.346 e. The van der Waals surface area contributed by atoms with E-state index in [4.69, 9.17) is 11.6 Å². The number of Topliss-reactive ketones (excluding diaryl/α,β-unsaturated/α-hetero) is 2. The molecule has 4 rings (SSSR count). The molecule has 0 bridgehead atoms. The molecule has 2 saturated heterocycles. The van der Waals surface area contributed by atoms with Gasteiger partial charge in [0.05, 0.1) is 0 Å². The highest BCUT2D eigenvalue weighted by atomic mass is 128. The summed E-state index contributed by atoms with van der Waals surface area (Å²) in [5, 5.41) is 4.06. The van der Waals surface area contributed by atoms with Crippen molar-refractivity contribution >= 4 is 125 Å². The van der Waals surface area contributed by atoms with E-state index in [2.05, 4.69) is 66.2 Å². The minimum absolute atomic E-state index is 0. The Balaban J connectivity index is 0. The smallest absolute Gasteiger partial charge is 0.205 e. The molecule has 2 aromatic rings. The van der Waals surface area contributed by atoms with Gasteiger partial charge in [-0.3, -0.25) is 9.59 Å². The number of ketones is 2. The molecule has 15 heteroatoms. The van der Waals surface area contributed by atoms with E-state index in [9.17, 15) is 9.59 Å². The topological polar surface area (TPSA) is 101 Å². The predicted octanol–water partition coefficient (Wildman–Crippen LogP) is 5.77. The highest BCUT2D eigenvalue weighted by Gasteiger charge is 2.19. The van der Waals surface area contributed by atoms with Crippen LogP contribution in [0.15, 0.2) is 0 Å². The van der Waals surface area contributed by atoms with Gasteiger partial charge in [-0.1, -0.05) is 13.8 Å². The van der Waals surface area contributed by atoms with Crippen LogP contribution < -0.4 is 10.2 Å². The molecule has 2 aliphatic rings. The SMILES string of the molecule is CCc1nsc(Cl)n1.CCc1nsc(N2CCC(=O)CC2)n1.Cl.I.II.O=C1CCNCC1. The molecule has 0 atom stereocenters. The number of anilines is 1. The lowest BCUT2D eigenvalue weighted by molar-refractivity contribution is -0.120. The van der Waals surface area contributed by atoms with Crippen molar-refractivity contribution < 1.29 is 9.59 Å². The molecule has 0 unspecified atom stereocenters. The van der Waals surface area contributed by atoms with Crippen LogP contribution in [0.25, 0.3) is 0 Å². The monoisotopic (exact) mass is 876 g/mol. The number of piperidine rings is 2. The van der Waals surface area contributed by atoms with Crippen molar-refractivity contribution in [2.45, 2.75) is 52.4 Å². The Morgan fingerprint density at radius 1 is 0.909 bits per heavy atom. The molecular formula is C18H29Cl2I3N6O2S2. The van der Waals surface area contributed by atoms with Gasteiger partial charge >= 0.3 is 0 Å². The third-order valence-corrected chi connectivity index (χ3v) is 5.94. The first-order valence-corrected chi connectivity index (χ1v) is 18.2. The lowest BCUT2D eigenvalue weighted by Gasteiger charge is -2.24. The van der Waals surface area contributed by atoms with E-state index in [1.165, 1.54) is 23.1 Å². The zero-order chi connectivity index (χ0) is 23.1. The summed E-state index contributed by atoms with van der Waals surface area (Å²) >= 11 is 12.4. The van der Waals surface area contributed by atoms with E-state index >= 15 is 0 Å². The van der Waals surface area contributed by atoms with Crippen molar-refractivity contribution in [1.82, 2.24) is 24.0 Å². The third kappa shape index (κ3) is 15.7. The lowest BCUT2D eigenvalue weighted by atomic mass is 10.1. The van der Waals surface area contributed by atoms with Crippen LogP contribution in [0.2, 0.25) is 4.47 Å². The Labute approximate surface area is 255 Å². The number of aromatic nitrogens is 4. The summed E-state index contributed by atoms with van der Waals surface area (Å²) in [5.74, 6) is 2.50. The van der Waals surface area contributed by atoms with Crippen molar-refractivity contribution in [3.8, 4) is 0 Å². The van der Waals surface area contributed by atoms with Crippen LogP contribution in [0.1, 0.15) is 51.2 Å². The maximum atomic E-state index is 11.0. The average molecular weight is 877 g/mol. The first kappa shape index (κ1) is 36.1. The van der Waals surface area contributed by atoms with Crippen LogP contribution in [0.4, 0.5) is 5.13 Å². The fraction of sp³-hybridized carbons (Fsp3) is 0.667. The summed E-state index contributed by atoms with van der Waals surface area (Å²) in [6, 6.07) is 0. The van der Waals surface area contributed by atoms with Gasteiger partial charge in [-0.2, -0.15) is 8.75 Å². The third-order valence-electron chi connectivity index (χ3n) is 4.29. The molecule has 33 heavy (non-hydrogen) atoms. The average Bonchev–Trinajstić information content (AvgIpc) is 3.46. The number of carbonyl (C=O) groups is 2. The minimum Gasteiger partial charge on any atom is -0.346 e. The summed E-state index contributed by atoms with van der Waals surface area (Å²) in [7, 11) is 0. The molecule has 8 nitrogen and oxygen atoms in total. The molecule has 2 fully saturated rings. The predicted molar refractivity (Wildman–Crippen MR) is 168 cm³/mol. The Bertz CT molecular complexity index is 783. The van der Waals surface area contributed by atoms with Crippen molar-refractivity contribution in [1.29, 1.82) is 0 Å². The number of nitrogens with one attached hydrogen (secondary N) is 1. The quantitative estimate of drug-likeness (QED) is 0.389. The second-order valence-electron chi connectivity index (χ2n) is 6.48. The highest BCUT2D eigenvalue weighted by Crippen LogP contribution is 2.20. The van der Waals surface area contributed by atoms with Gasteiger partial charge in [0, 0.05) is 113 Å². The molecule has 0 amide bonds. The standard InChI is InChI=1S/C9H13N3OS.C5H9NO.C4H5ClN2S.ClH.I2.HI/c1-2-8-10-9(14-11-8)12-5-3-7(13)4-6-12;7-5-1-3-6-4-2-5;1-2-3-6-4(5)8-7-3;;1-2;/h2-6H2,1H3;6H,1-4H2;2H2,1H3;1H;;1H. The second kappa shape index (κ2) is 22.2. The van der Waals surface area contributed by atoms with Crippen molar-refractivity contribution in [3.05, 3.63) is 16.1 Å². The second-order valence-corrected chi connectivity index (χ2v) is 8.54. The summed E-state index contributed by atoms with van der Waals surface area (Å²) in [6.45, 7) is 7.43. The molecule has 0 radical (unpaired) electrons. The van der Waals surface area contributed by atoms with Crippen molar-refractivity contribution in [3.63, 3.8) is 0 Å². The van der Waals surface area contributed by atoms with Gasteiger partial charge in [0.15, 0.2) is 0 Å². The Hall–Kier alpha value is 0.990. The number of hydrogen-bond acceptors (Lipinski definition) is 10. The van der Waals surface area contributed by atoms with Gasteiger partial charge < -0.3 is 10.2 Å². The maximum Gasteiger partial charge on any atom is 0.205 e. The van der Waals surface area contributed by atoms with E-state index in [0.717, 1.165) is 68.6 Å². The summed E-state index contributed by atoms with van der Waals surface area (Å²) < 4.78 is 8.70. The summed E-state index contributed by atoms with van der Waals surface area (Å²) in [4.78, 5) is 31.9. The Kier molecular flexibility index (Phi) is 24.3. The van der Waals surface area contributed by atoms with Gasteiger partial charge in [0.2, 0.25) is 9.60 Å². The molecule has 2 aromatic heterocycles. The minimum atomic E-state index is 0. The highest BCUT2D eigenvalue weighted by molar-refractivity contribution is 15.0. The fourth-order valence-corrected chi connectivity index (χ4v) is 4.05. The van der Waals surface area contributed by atoms with Gasteiger partial charge in [0.1, 0.15) is 23.2 Å². The van der Waals surface area contributed by atoms with Crippen LogP contribution in [0, 0.1) is 0 Å². The lowest BCUT2D eigenvalue weighted by Crippen LogP contribution is -2.33. The normalized spacial score (nSPS) is 14.8. The molecule has 1 N–H and O–H groups in total. The molecular weight excluding hydrogens is 848 g/mol. The molecule has 0 saturated carbocycles. The number of aryl methyl sites for hydroxylation is 2. The molecule has 0 aliphatic carbocycles. The van der Waals surface area contributed by atoms with Crippen molar-refractivity contribution in [2.75, 3.05) is 31.1 Å². The molecule has 190 valence electrons. The van der Waals surface area contributed by atoms with Crippen LogP contribution in [0.5, 0.6) is 0 Å². The first-order valence-electron chi connectivity index (χ1n) is 9.95. The molecule has 0 aromatic carbocycles. The maximum absolute atomic E-state index is 11.0. The molecule has 0 spiro atoms. The number of nitrogens with zero attached hydrogens (tertiary/aromatic N) is 5. The number of halogens is 5. The summed E-state index contributed by atoms with van der Waals surface area (Å²) in [5.41, 5.74) is 0. The van der Waals surface area contributed by atoms with Crippen LogP contribution in [-0.4, -0.2) is 56.5 Å². The van der Waals surface area contributed by atoms with E-state index < -0.39 is 0 Å². The number of hydrogen-bond donors (Lipinski definition) is 1. The first-order chi connectivity index (χ1) is 15.0. The van der Waals surface area contributed by atoms with E-state index in [0.29, 0.717) is 28.9 Å². The van der Waals surface area contributed by atoms with E-state index in [1.54, 1.807) is 0 Å². The molecule has 4 heterocycles. The Morgan fingerprint density at radius 2 is 1.39 bits per heavy atom. The summed E-state index contributed by atoms with van der Waals surface area (Å²) in [6.07, 6.45) is 4.52. The zero-order valence-electron chi connectivity index (χ0n) is 18.4. The van der Waals surface area contributed by atoms with Gasteiger partial charge in [0.25, 0.3) is 0 Å². The van der Waals surface area contributed by atoms with Crippen LogP contribution in [0.3, 0.4) is 0 Å². The zero-order valence-corrected chi connectivity index (χ0v) is 28.2. The number of carbonyl (C=O) groups excluding carboxylic acids is 2. The van der Waals surface area contributed by atoms with Crippen LogP contribution in [-0.2, 0) is 22.4 Å². The Morgan fingerprint density at radius 3 is 1.76 bits per heavy atom. The van der Waals surface area contributed by atoms with Gasteiger partial charge in [-0.25, -0.2) is 9.97 Å². The number of rotatable bonds is 3. The van der Waals surface area contributed by atoms with Gasteiger partial charge in [-0.15, -0.1) is 36.4 Å². The van der Waals surface area contributed by atoms with Crippen molar-refractivity contribution in [2.24, 2.45) is 0 Å². The molecule has 2 aliphatic heterocycles. The van der Waals surface area contributed by atoms with E-state index in [1.807, 2.05) is 13.8 Å². The van der Waals surface area contributed by atoms with Gasteiger partial charge in [-0.05, 0) is 23.1 Å².